The third kappa shape index (κ3) is 4.11. The second-order valence-electron chi connectivity index (χ2n) is 7.00. The zero-order valence-electron chi connectivity index (χ0n) is 13.3. The summed E-state index contributed by atoms with van der Waals surface area (Å²) in [6.45, 7) is 10.8. The van der Waals surface area contributed by atoms with Gasteiger partial charge < -0.3 is 9.72 Å². The number of halogens is 1. The Hall–Kier alpha value is -0.790. The number of rotatable bonds is 2. The van der Waals surface area contributed by atoms with Gasteiger partial charge >= 0.3 is 6.09 Å². The number of carbonyl (C=O) groups is 1. The van der Waals surface area contributed by atoms with E-state index >= 15 is 0 Å². The van der Waals surface area contributed by atoms with Crippen molar-refractivity contribution in [1.29, 1.82) is 0 Å². The molecule has 1 aliphatic heterocycles. The molecule has 21 heavy (non-hydrogen) atoms. The number of aromatic nitrogens is 2. The van der Waals surface area contributed by atoms with Gasteiger partial charge in [-0.15, -0.1) is 0 Å². The van der Waals surface area contributed by atoms with E-state index in [9.17, 15) is 4.79 Å². The third-order valence-electron chi connectivity index (χ3n) is 3.78. The number of imidazole rings is 1. The van der Waals surface area contributed by atoms with Gasteiger partial charge in [-0.25, -0.2) is 9.78 Å². The molecule has 5 nitrogen and oxygen atoms in total. The lowest BCUT2D eigenvalue weighted by Crippen LogP contribution is -2.37. The van der Waals surface area contributed by atoms with Gasteiger partial charge in [-0.1, -0.05) is 13.8 Å². The lowest BCUT2D eigenvalue weighted by molar-refractivity contribution is 0.0211. The van der Waals surface area contributed by atoms with Crippen molar-refractivity contribution in [3.63, 3.8) is 0 Å². The molecule has 1 aromatic rings. The van der Waals surface area contributed by atoms with Crippen LogP contribution in [0.2, 0.25) is 0 Å². The van der Waals surface area contributed by atoms with Gasteiger partial charge in [-0.05, 0) is 61.6 Å². The van der Waals surface area contributed by atoms with Crippen LogP contribution in [-0.4, -0.2) is 33.1 Å². The van der Waals surface area contributed by atoms with E-state index in [0.717, 1.165) is 22.5 Å². The van der Waals surface area contributed by atoms with Crippen LogP contribution >= 0.6 is 22.6 Å². The predicted octanol–water partition coefficient (Wildman–Crippen LogP) is 3.97. The van der Waals surface area contributed by atoms with Crippen molar-refractivity contribution in [2.24, 2.45) is 11.8 Å². The number of carbonyl (C=O) groups excluding carboxylic acids is 1. The molecule has 0 radical (unpaired) electrons. The number of nitrogens with one attached hydrogen (secondary N) is 1. The van der Waals surface area contributed by atoms with Crippen LogP contribution in [0.4, 0.5) is 4.79 Å². The maximum Gasteiger partial charge on any atom is 0.410 e. The van der Waals surface area contributed by atoms with Gasteiger partial charge in [0.05, 0.1) is 15.9 Å². The zero-order valence-corrected chi connectivity index (χ0v) is 15.5. The van der Waals surface area contributed by atoms with Gasteiger partial charge in [0.1, 0.15) is 11.4 Å². The standard InChI is InChI=1S/C15H24IN3O2/c1-9(2)10-6-11(13-17-7-12(16)18-13)19(8-10)14(20)21-15(3,4)5/h7,9-11H,6,8H2,1-5H3,(H,17,18)/t10-,11-/m0/s1. The van der Waals surface area contributed by atoms with Crippen molar-refractivity contribution in [3.05, 3.63) is 15.7 Å². The predicted molar refractivity (Wildman–Crippen MR) is 89.9 cm³/mol. The number of hydrogen-bond acceptors (Lipinski definition) is 3. The molecule has 1 aromatic heterocycles. The highest BCUT2D eigenvalue weighted by Gasteiger charge is 2.40. The van der Waals surface area contributed by atoms with Gasteiger partial charge in [-0.3, -0.25) is 4.90 Å². The smallest absolute Gasteiger partial charge is 0.410 e. The van der Waals surface area contributed by atoms with Crippen LogP contribution in [0.25, 0.3) is 0 Å². The summed E-state index contributed by atoms with van der Waals surface area (Å²) in [6, 6.07) is -0.0178. The summed E-state index contributed by atoms with van der Waals surface area (Å²) in [5.41, 5.74) is -0.477. The molecule has 2 atom stereocenters. The fourth-order valence-corrected chi connectivity index (χ4v) is 3.03. The highest BCUT2D eigenvalue weighted by atomic mass is 127. The normalized spacial score (nSPS) is 22.9. The maximum atomic E-state index is 12.5. The first-order valence-electron chi connectivity index (χ1n) is 7.37. The molecule has 0 aromatic carbocycles. The number of H-pyrrole nitrogens is 1. The summed E-state index contributed by atoms with van der Waals surface area (Å²) in [6.07, 6.45) is 2.48. The highest BCUT2D eigenvalue weighted by Crippen LogP contribution is 2.38. The molecule has 1 amide bonds. The molecular weight excluding hydrogens is 381 g/mol. The first-order valence-corrected chi connectivity index (χ1v) is 8.45. The molecule has 1 N–H and O–H groups in total. The summed E-state index contributed by atoms with van der Waals surface area (Å²) < 4.78 is 6.54. The molecule has 2 rings (SSSR count). The SMILES string of the molecule is CC(C)[C@H]1C[C@@H](c2ncc(I)[nH]2)N(C(=O)OC(C)(C)C)C1. The van der Waals surface area contributed by atoms with E-state index in [4.69, 9.17) is 4.74 Å². The van der Waals surface area contributed by atoms with Gasteiger partial charge in [0.2, 0.25) is 0 Å². The van der Waals surface area contributed by atoms with E-state index in [1.165, 1.54) is 0 Å². The van der Waals surface area contributed by atoms with Crippen molar-refractivity contribution < 1.29 is 9.53 Å². The van der Waals surface area contributed by atoms with Crippen molar-refractivity contribution >= 4 is 28.7 Å². The Morgan fingerprint density at radius 2 is 2.19 bits per heavy atom. The maximum absolute atomic E-state index is 12.5. The number of amides is 1. The van der Waals surface area contributed by atoms with Crippen molar-refractivity contribution in [3.8, 4) is 0 Å². The van der Waals surface area contributed by atoms with Gasteiger partial charge in [0.25, 0.3) is 0 Å². The fraction of sp³-hybridized carbons (Fsp3) is 0.733. The lowest BCUT2D eigenvalue weighted by atomic mass is 9.93. The minimum atomic E-state index is -0.477. The van der Waals surface area contributed by atoms with E-state index in [1.807, 2.05) is 25.7 Å². The molecule has 1 saturated heterocycles. The molecule has 118 valence electrons. The minimum Gasteiger partial charge on any atom is -0.444 e. The summed E-state index contributed by atoms with van der Waals surface area (Å²) in [5.74, 6) is 1.87. The van der Waals surface area contributed by atoms with Crippen molar-refractivity contribution in [2.45, 2.75) is 52.7 Å². The number of likely N-dealkylation sites (tertiary alicyclic amines) is 1. The molecular formula is C15H24IN3O2. The van der Waals surface area contributed by atoms with Crippen LogP contribution < -0.4 is 0 Å². The first-order chi connectivity index (χ1) is 9.67. The lowest BCUT2D eigenvalue weighted by Gasteiger charge is -2.27. The Balaban J connectivity index is 2.21. The number of aromatic amines is 1. The summed E-state index contributed by atoms with van der Waals surface area (Å²) >= 11 is 2.20. The monoisotopic (exact) mass is 405 g/mol. The number of hydrogen-bond donors (Lipinski definition) is 1. The average molecular weight is 405 g/mol. The van der Waals surface area contributed by atoms with Crippen molar-refractivity contribution in [2.75, 3.05) is 6.54 Å². The van der Waals surface area contributed by atoms with Crippen molar-refractivity contribution in [1.82, 2.24) is 14.9 Å². The van der Waals surface area contributed by atoms with Crippen LogP contribution in [0, 0.1) is 15.5 Å². The molecule has 0 bridgehead atoms. The van der Waals surface area contributed by atoms with Crippen LogP contribution in [0.1, 0.15) is 52.9 Å². The van der Waals surface area contributed by atoms with E-state index < -0.39 is 5.60 Å². The van der Waals surface area contributed by atoms with Crippen LogP contribution in [0.5, 0.6) is 0 Å². The average Bonchev–Trinajstić information content (AvgIpc) is 2.91. The summed E-state index contributed by atoms with van der Waals surface area (Å²) in [4.78, 5) is 22.0. The summed E-state index contributed by atoms with van der Waals surface area (Å²) in [5, 5.41) is 0. The van der Waals surface area contributed by atoms with Gasteiger partial charge in [0.15, 0.2) is 0 Å². The number of nitrogens with zero attached hydrogens (tertiary/aromatic N) is 2. The fourth-order valence-electron chi connectivity index (χ4n) is 2.62. The molecule has 0 spiro atoms. The molecule has 1 fully saturated rings. The van der Waals surface area contributed by atoms with E-state index in [0.29, 0.717) is 11.8 Å². The molecule has 1 aliphatic rings. The topological polar surface area (TPSA) is 58.2 Å². The molecule has 2 heterocycles. The largest absolute Gasteiger partial charge is 0.444 e. The second kappa shape index (κ2) is 6.14. The Morgan fingerprint density at radius 1 is 1.52 bits per heavy atom. The van der Waals surface area contributed by atoms with Gasteiger partial charge in [-0.2, -0.15) is 0 Å². The van der Waals surface area contributed by atoms with E-state index in [1.54, 1.807) is 6.20 Å². The molecule has 0 saturated carbocycles. The van der Waals surface area contributed by atoms with Crippen LogP contribution in [0.3, 0.4) is 0 Å². The van der Waals surface area contributed by atoms with E-state index in [2.05, 4.69) is 46.4 Å². The summed E-state index contributed by atoms with van der Waals surface area (Å²) in [7, 11) is 0. The first kappa shape index (κ1) is 16.6. The highest BCUT2D eigenvalue weighted by molar-refractivity contribution is 14.1. The quantitative estimate of drug-likeness (QED) is 0.758. The Bertz CT molecular complexity index is 507. The molecule has 0 aliphatic carbocycles. The van der Waals surface area contributed by atoms with E-state index in [-0.39, 0.29) is 12.1 Å². The zero-order chi connectivity index (χ0) is 15.8. The number of ether oxygens (including phenoxy) is 1. The van der Waals surface area contributed by atoms with Crippen LogP contribution in [-0.2, 0) is 4.74 Å². The third-order valence-corrected chi connectivity index (χ3v) is 4.33. The molecule has 0 unspecified atom stereocenters. The second-order valence-corrected chi connectivity index (χ2v) is 8.17. The Labute approximate surface area is 140 Å². The Kier molecular flexibility index (Phi) is 4.85. The van der Waals surface area contributed by atoms with Gasteiger partial charge in [0, 0.05) is 6.54 Å². The minimum absolute atomic E-state index is 0.0178. The van der Waals surface area contributed by atoms with Crippen LogP contribution in [0.15, 0.2) is 6.20 Å². The Morgan fingerprint density at radius 3 is 2.67 bits per heavy atom. The molecule has 6 heteroatoms.